The third kappa shape index (κ3) is 2.07. The fourth-order valence-corrected chi connectivity index (χ4v) is 2.81. The Morgan fingerprint density at radius 3 is 2.27 bits per heavy atom. The summed E-state index contributed by atoms with van der Waals surface area (Å²) in [5.74, 6) is 0. The summed E-state index contributed by atoms with van der Waals surface area (Å²) in [7, 11) is 0. The summed E-state index contributed by atoms with van der Waals surface area (Å²) in [6.45, 7) is 12.5. The molecule has 2 heteroatoms. The van der Waals surface area contributed by atoms with E-state index in [0.29, 0.717) is 11.5 Å². The van der Waals surface area contributed by atoms with E-state index in [1.165, 1.54) is 12.8 Å². The Labute approximate surface area is 93.8 Å². The fourth-order valence-electron chi connectivity index (χ4n) is 2.81. The average molecular weight is 211 g/mol. The Hall–Kier alpha value is -0.0800. The highest BCUT2D eigenvalue weighted by molar-refractivity contribution is 4.99. The zero-order valence-corrected chi connectivity index (χ0v) is 10.8. The zero-order valence-electron chi connectivity index (χ0n) is 10.8. The lowest BCUT2D eigenvalue weighted by Crippen LogP contribution is -2.59. The molecule has 1 heterocycles. The van der Waals surface area contributed by atoms with E-state index >= 15 is 0 Å². The minimum Gasteiger partial charge on any atom is -0.357 e. The highest BCUT2D eigenvalue weighted by Crippen LogP contribution is 2.47. The van der Waals surface area contributed by atoms with Gasteiger partial charge in [-0.05, 0) is 31.6 Å². The Morgan fingerprint density at radius 2 is 1.80 bits per heavy atom. The summed E-state index contributed by atoms with van der Waals surface area (Å²) in [4.78, 5) is 0. The van der Waals surface area contributed by atoms with Crippen molar-refractivity contribution in [1.29, 1.82) is 0 Å². The summed E-state index contributed by atoms with van der Waals surface area (Å²) in [6, 6.07) is 0. The van der Waals surface area contributed by atoms with Gasteiger partial charge in [0.1, 0.15) is 5.72 Å². The van der Waals surface area contributed by atoms with Crippen molar-refractivity contribution in [3.63, 3.8) is 0 Å². The molecule has 15 heavy (non-hydrogen) atoms. The van der Waals surface area contributed by atoms with Crippen molar-refractivity contribution in [2.24, 2.45) is 10.8 Å². The van der Waals surface area contributed by atoms with Crippen LogP contribution >= 0.6 is 0 Å². The quantitative estimate of drug-likeness (QED) is 0.665. The van der Waals surface area contributed by atoms with Crippen molar-refractivity contribution < 1.29 is 4.74 Å². The van der Waals surface area contributed by atoms with Gasteiger partial charge in [0.15, 0.2) is 0 Å². The SMILES string of the molecule is CC1OC2(CCC(C)(C)C2)NCC1(C)C. The van der Waals surface area contributed by atoms with Gasteiger partial charge in [0.25, 0.3) is 0 Å². The number of ether oxygens (including phenoxy) is 1. The third-order valence-corrected chi connectivity index (χ3v) is 4.34. The van der Waals surface area contributed by atoms with E-state index in [1.807, 2.05) is 0 Å². The van der Waals surface area contributed by atoms with E-state index in [-0.39, 0.29) is 11.1 Å². The molecule has 0 radical (unpaired) electrons. The van der Waals surface area contributed by atoms with E-state index < -0.39 is 0 Å². The van der Waals surface area contributed by atoms with Gasteiger partial charge in [-0.25, -0.2) is 0 Å². The first-order valence-electron chi connectivity index (χ1n) is 6.18. The largest absolute Gasteiger partial charge is 0.357 e. The topological polar surface area (TPSA) is 21.3 Å². The van der Waals surface area contributed by atoms with Crippen LogP contribution in [-0.4, -0.2) is 18.4 Å². The standard InChI is InChI=1S/C13H25NO/c1-10-12(4,5)9-14-13(15-10)7-6-11(2,3)8-13/h10,14H,6-9H2,1-5H3. The first kappa shape index (κ1) is 11.4. The summed E-state index contributed by atoms with van der Waals surface area (Å²) >= 11 is 0. The van der Waals surface area contributed by atoms with Crippen molar-refractivity contribution in [3.05, 3.63) is 0 Å². The molecule has 2 aliphatic rings. The molecule has 2 atom stereocenters. The maximum Gasteiger partial charge on any atom is 0.120 e. The normalized spacial score (nSPS) is 43.4. The molecule has 0 amide bonds. The summed E-state index contributed by atoms with van der Waals surface area (Å²) in [6.07, 6.45) is 3.95. The van der Waals surface area contributed by atoms with Gasteiger partial charge in [0.05, 0.1) is 6.10 Å². The third-order valence-electron chi connectivity index (χ3n) is 4.34. The van der Waals surface area contributed by atoms with Crippen molar-refractivity contribution in [2.75, 3.05) is 6.54 Å². The van der Waals surface area contributed by atoms with Crippen LogP contribution in [0.2, 0.25) is 0 Å². The van der Waals surface area contributed by atoms with Crippen LogP contribution in [0.5, 0.6) is 0 Å². The van der Waals surface area contributed by atoms with Crippen LogP contribution in [0.4, 0.5) is 0 Å². The molecule has 1 saturated carbocycles. The van der Waals surface area contributed by atoms with Crippen LogP contribution in [0.3, 0.4) is 0 Å². The molecule has 1 aliphatic heterocycles. The highest BCUT2D eigenvalue weighted by Gasteiger charge is 2.49. The monoisotopic (exact) mass is 211 g/mol. The molecule has 1 N–H and O–H groups in total. The van der Waals surface area contributed by atoms with Gasteiger partial charge in [-0.15, -0.1) is 0 Å². The summed E-state index contributed by atoms with van der Waals surface area (Å²) < 4.78 is 6.27. The second-order valence-corrected chi connectivity index (χ2v) is 6.94. The van der Waals surface area contributed by atoms with Gasteiger partial charge in [-0.3, -0.25) is 5.32 Å². The van der Waals surface area contributed by atoms with Crippen LogP contribution in [-0.2, 0) is 4.74 Å². The zero-order chi connectivity index (χ0) is 11.3. The van der Waals surface area contributed by atoms with Crippen molar-refractivity contribution in [2.45, 2.75) is 65.7 Å². The van der Waals surface area contributed by atoms with Crippen LogP contribution in [0.15, 0.2) is 0 Å². The van der Waals surface area contributed by atoms with Crippen LogP contribution < -0.4 is 5.32 Å². The number of hydrogen-bond acceptors (Lipinski definition) is 2. The molecule has 0 aromatic heterocycles. The first-order chi connectivity index (χ1) is 6.75. The molecular formula is C13H25NO. The average Bonchev–Trinajstić information content (AvgIpc) is 2.37. The number of hydrogen-bond donors (Lipinski definition) is 1. The highest BCUT2D eigenvalue weighted by atomic mass is 16.5. The van der Waals surface area contributed by atoms with E-state index in [1.54, 1.807) is 0 Å². The Morgan fingerprint density at radius 1 is 1.13 bits per heavy atom. The number of nitrogens with one attached hydrogen (secondary N) is 1. The van der Waals surface area contributed by atoms with Crippen molar-refractivity contribution in [3.8, 4) is 0 Å². The Kier molecular flexibility index (Phi) is 2.44. The van der Waals surface area contributed by atoms with Crippen molar-refractivity contribution in [1.82, 2.24) is 5.32 Å². The maximum atomic E-state index is 6.27. The molecule has 88 valence electrons. The van der Waals surface area contributed by atoms with Crippen LogP contribution in [0.1, 0.15) is 53.9 Å². The maximum absolute atomic E-state index is 6.27. The second kappa shape index (κ2) is 3.21. The van der Waals surface area contributed by atoms with Gasteiger partial charge in [-0.1, -0.05) is 27.7 Å². The predicted octanol–water partition coefficient (Wildman–Crippen LogP) is 2.93. The minimum absolute atomic E-state index is 0.0154. The lowest BCUT2D eigenvalue weighted by Gasteiger charge is -2.47. The van der Waals surface area contributed by atoms with E-state index in [4.69, 9.17) is 4.74 Å². The Balaban J connectivity index is 2.09. The van der Waals surface area contributed by atoms with Gasteiger partial charge >= 0.3 is 0 Å². The smallest absolute Gasteiger partial charge is 0.120 e. The first-order valence-corrected chi connectivity index (χ1v) is 6.18. The predicted molar refractivity (Wildman–Crippen MR) is 62.7 cm³/mol. The molecule has 1 aliphatic carbocycles. The van der Waals surface area contributed by atoms with E-state index in [9.17, 15) is 0 Å². The van der Waals surface area contributed by atoms with E-state index in [0.717, 1.165) is 13.0 Å². The molecule has 1 spiro atoms. The molecule has 0 aromatic carbocycles. The molecule has 2 fully saturated rings. The fraction of sp³-hybridized carbons (Fsp3) is 1.00. The lowest BCUT2D eigenvalue weighted by atomic mass is 9.83. The van der Waals surface area contributed by atoms with Gasteiger partial charge < -0.3 is 4.74 Å². The molecule has 2 unspecified atom stereocenters. The molecule has 0 bridgehead atoms. The number of rotatable bonds is 0. The molecular weight excluding hydrogens is 186 g/mol. The molecule has 2 rings (SSSR count). The molecule has 0 aromatic rings. The Bertz CT molecular complexity index is 259. The second-order valence-electron chi connectivity index (χ2n) is 6.94. The lowest BCUT2D eigenvalue weighted by molar-refractivity contribution is -0.181. The molecule has 1 saturated heterocycles. The van der Waals surface area contributed by atoms with Gasteiger partial charge in [-0.2, -0.15) is 0 Å². The van der Waals surface area contributed by atoms with Crippen LogP contribution in [0.25, 0.3) is 0 Å². The van der Waals surface area contributed by atoms with Gasteiger partial charge in [0, 0.05) is 12.0 Å². The van der Waals surface area contributed by atoms with Crippen molar-refractivity contribution >= 4 is 0 Å². The minimum atomic E-state index is -0.0154. The van der Waals surface area contributed by atoms with Gasteiger partial charge in [0.2, 0.25) is 0 Å². The van der Waals surface area contributed by atoms with Crippen LogP contribution in [0, 0.1) is 10.8 Å². The summed E-state index contributed by atoms with van der Waals surface area (Å²) in [5.41, 5.74) is 0.685. The molecule has 2 nitrogen and oxygen atoms in total. The van der Waals surface area contributed by atoms with E-state index in [2.05, 4.69) is 39.9 Å². The summed E-state index contributed by atoms with van der Waals surface area (Å²) in [5, 5.41) is 3.65.